The predicted molar refractivity (Wildman–Crippen MR) is 55.7 cm³/mol. The first-order chi connectivity index (χ1) is 6.86. The van der Waals surface area contributed by atoms with Crippen molar-refractivity contribution in [1.82, 2.24) is 9.55 Å². The van der Waals surface area contributed by atoms with Gasteiger partial charge in [-0.2, -0.15) is 0 Å². The van der Waals surface area contributed by atoms with Crippen molar-refractivity contribution in [3.05, 3.63) is 54.1 Å². The van der Waals surface area contributed by atoms with E-state index in [2.05, 4.69) is 16.9 Å². The molecule has 0 aliphatic rings. The molecule has 2 aromatic rings. The maximum Gasteiger partial charge on any atom is 0.107 e. The molecule has 1 aromatic carbocycles. The molecule has 0 radical (unpaired) electrons. The summed E-state index contributed by atoms with van der Waals surface area (Å²) in [7, 11) is 0. The van der Waals surface area contributed by atoms with Crippen molar-refractivity contribution < 1.29 is 0 Å². The zero-order chi connectivity index (χ0) is 9.80. The van der Waals surface area contributed by atoms with Crippen molar-refractivity contribution in [3.63, 3.8) is 0 Å². The van der Waals surface area contributed by atoms with Gasteiger partial charge in [-0.3, -0.25) is 4.57 Å². The van der Waals surface area contributed by atoms with Crippen LogP contribution < -0.4 is 0 Å². The summed E-state index contributed by atoms with van der Waals surface area (Å²) in [6, 6.07) is 12.9. The molecule has 2 heteroatoms. The SMILES string of the molecule is Cc1cncn1C#Cc1ccccc1. The number of rotatable bonds is 0. The molecule has 1 heterocycles. The first-order valence-corrected chi connectivity index (χ1v) is 4.42. The Morgan fingerprint density at radius 3 is 2.64 bits per heavy atom. The third kappa shape index (κ3) is 1.83. The van der Waals surface area contributed by atoms with E-state index < -0.39 is 0 Å². The second kappa shape index (κ2) is 3.80. The highest BCUT2D eigenvalue weighted by molar-refractivity contribution is 5.34. The van der Waals surface area contributed by atoms with Gasteiger partial charge in [0.2, 0.25) is 0 Å². The third-order valence-electron chi connectivity index (χ3n) is 1.92. The van der Waals surface area contributed by atoms with Crippen molar-refractivity contribution >= 4 is 0 Å². The molecular weight excluding hydrogens is 172 g/mol. The van der Waals surface area contributed by atoms with E-state index in [1.54, 1.807) is 12.5 Å². The summed E-state index contributed by atoms with van der Waals surface area (Å²) >= 11 is 0. The summed E-state index contributed by atoms with van der Waals surface area (Å²) in [6.45, 7) is 1.98. The van der Waals surface area contributed by atoms with E-state index in [0.717, 1.165) is 11.3 Å². The van der Waals surface area contributed by atoms with Crippen LogP contribution in [0.5, 0.6) is 0 Å². The quantitative estimate of drug-likeness (QED) is 0.570. The molecule has 2 nitrogen and oxygen atoms in total. The fourth-order valence-corrected chi connectivity index (χ4v) is 1.12. The Kier molecular flexibility index (Phi) is 2.33. The van der Waals surface area contributed by atoms with Crippen molar-refractivity contribution in [2.75, 3.05) is 0 Å². The largest absolute Gasteiger partial charge is 0.262 e. The smallest absolute Gasteiger partial charge is 0.107 e. The minimum atomic E-state index is 1.01. The van der Waals surface area contributed by atoms with Crippen LogP contribution in [0.4, 0.5) is 0 Å². The number of benzene rings is 1. The second-order valence-corrected chi connectivity index (χ2v) is 3.01. The molecule has 0 saturated carbocycles. The van der Waals surface area contributed by atoms with Gasteiger partial charge in [-0.25, -0.2) is 4.98 Å². The van der Waals surface area contributed by atoms with Gasteiger partial charge in [0.1, 0.15) is 6.33 Å². The summed E-state index contributed by atoms with van der Waals surface area (Å²) < 4.78 is 1.81. The second-order valence-electron chi connectivity index (χ2n) is 3.01. The molecule has 0 bridgehead atoms. The zero-order valence-corrected chi connectivity index (χ0v) is 7.94. The maximum absolute atomic E-state index is 3.99. The van der Waals surface area contributed by atoms with Crippen LogP contribution in [0.2, 0.25) is 0 Å². The summed E-state index contributed by atoms with van der Waals surface area (Å²) in [4.78, 5) is 3.99. The highest BCUT2D eigenvalue weighted by Crippen LogP contribution is 1.96. The Balaban J connectivity index is 2.28. The van der Waals surface area contributed by atoms with Crippen LogP contribution in [-0.4, -0.2) is 9.55 Å². The molecule has 68 valence electrons. The van der Waals surface area contributed by atoms with E-state index in [1.807, 2.05) is 41.8 Å². The third-order valence-corrected chi connectivity index (χ3v) is 1.92. The molecule has 0 spiro atoms. The van der Waals surface area contributed by atoms with Crippen LogP contribution >= 0.6 is 0 Å². The monoisotopic (exact) mass is 182 g/mol. The summed E-state index contributed by atoms with van der Waals surface area (Å²) in [6.07, 6.45) is 3.50. The number of nitrogens with zero attached hydrogens (tertiary/aromatic N) is 2. The summed E-state index contributed by atoms with van der Waals surface area (Å²) in [5.74, 6) is 3.06. The van der Waals surface area contributed by atoms with Crippen molar-refractivity contribution in [3.8, 4) is 12.0 Å². The number of imidazole rings is 1. The van der Waals surface area contributed by atoms with Gasteiger partial charge in [0.05, 0.1) is 0 Å². The fourth-order valence-electron chi connectivity index (χ4n) is 1.12. The van der Waals surface area contributed by atoms with Gasteiger partial charge in [0.15, 0.2) is 0 Å². The molecule has 1 aromatic heterocycles. The molecule has 0 atom stereocenters. The number of aryl methyl sites for hydroxylation is 1. The minimum absolute atomic E-state index is 1.01. The lowest BCUT2D eigenvalue weighted by molar-refractivity contribution is 1.05. The van der Waals surface area contributed by atoms with E-state index in [9.17, 15) is 0 Å². The fraction of sp³-hybridized carbons (Fsp3) is 0.0833. The molecule has 2 rings (SSSR count). The lowest BCUT2D eigenvalue weighted by Gasteiger charge is -1.90. The standard InChI is InChI=1S/C12H10N2/c1-11-9-13-10-14(11)8-7-12-5-3-2-4-6-12/h2-6,9-10H,1H3. The molecule has 0 saturated heterocycles. The Labute approximate surface area is 83.2 Å². The summed E-state index contributed by atoms with van der Waals surface area (Å²) in [5.41, 5.74) is 2.06. The van der Waals surface area contributed by atoms with Gasteiger partial charge < -0.3 is 0 Å². The van der Waals surface area contributed by atoms with Crippen LogP contribution in [0.3, 0.4) is 0 Å². The van der Waals surface area contributed by atoms with E-state index in [-0.39, 0.29) is 0 Å². The minimum Gasteiger partial charge on any atom is -0.262 e. The van der Waals surface area contributed by atoms with Gasteiger partial charge in [-0.1, -0.05) is 18.2 Å². The highest BCUT2D eigenvalue weighted by Gasteiger charge is 1.89. The number of hydrogen-bond acceptors (Lipinski definition) is 1. The van der Waals surface area contributed by atoms with Gasteiger partial charge in [-0.15, -0.1) is 0 Å². The first kappa shape index (κ1) is 8.58. The Morgan fingerprint density at radius 2 is 2.00 bits per heavy atom. The molecule has 0 fully saturated rings. The summed E-state index contributed by atoms with van der Waals surface area (Å²) in [5, 5.41) is 0. The van der Waals surface area contributed by atoms with Crippen molar-refractivity contribution in [2.24, 2.45) is 0 Å². The number of hydrogen-bond donors (Lipinski definition) is 0. The Morgan fingerprint density at radius 1 is 1.21 bits per heavy atom. The number of aromatic nitrogens is 2. The highest BCUT2D eigenvalue weighted by atomic mass is 15.0. The van der Waals surface area contributed by atoms with Crippen LogP contribution in [0.25, 0.3) is 0 Å². The average Bonchev–Trinajstić information content (AvgIpc) is 2.63. The van der Waals surface area contributed by atoms with Crippen LogP contribution in [-0.2, 0) is 0 Å². The molecule has 0 N–H and O–H groups in total. The van der Waals surface area contributed by atoms with E-state index in [4.69, 9.17) is 0 Å². The predicted octanol–water partition coefficient (Wildman–Crippen LogP) is 2.05. The molecule has 0 aliphatic carbocycles. The lowest BCUT2D eigenvalue weighted by atomic mass is 10.2. The lowest BCUT2D eigenvalue weighted by Crippen LogP contribution is -1.88. The molecule has 0 unspecified atom stereocenters. The van der Waals surface area contributed by atoms with Crippen LogP contribution in [0.1, 0.15) is 11.3 Å². The Bertz CT molecular complexity index is 472. The topological polar surface area (TPSA) is 17.8 Å². The molecule has 0 amide bonds. The van der Waals surface area contributed by atoms with Crippen LogP contribution in [0.15, 0.2) is 42.9 Å². The van der Waals surface area contributed by atoms with Crippen molar-refractivity contribution in [1.29, 1.82) is 0 Å². The van der Waals surface area contributed by atoms with E-state index in [0.29, 0.717) is 0 Å². The zero-order valence-electron chi connectivity index (χ0n) is 7.94. The maximum atomic E-state index is 3.99. The van der Waals surface area contributed by atoms with Gasteiger partial charge >= 0.3 is 0 Å². The Hall–Kier alpha value is -2.01. The normalized spacial score (nSPS) is 9.21. The van der Waals surface area contributed by atoms with E-state index in [1.165, 1.54) is 0 Å². The van der Waals surface area contributed by atoms with Gasteiger partial charge in [0, 0.05) is 23.5 Å². The molecular formula is C12H10N2. The first-order valence-electron chi connectivity index (χ1n) is 4.42. The van der Waals surface area contributed by atoms with E-state index >= 15 is 0 Å². The van der Waals surface area contributed by atoms with Gasteiger partial charge in [-0.05, 0) is 25.0 Å². The molecule has 14 heavy (non-hydrogen) atoms. The average molecular weight is 182 g/mol. The molecule has 0 aliphatic heterocycles. The van der Waals surface area contributed by atoms with Crippen LogP contribution in [0, 0.1) is 18.9 Å². The van der Waals surface area contributed by atoms with Crippen molar-refractivity contribution in [2.45, 2.75) is 6.92 Å². The van der Waals surface area contributed by atoms with Gasteiger partial charge in [0.25, 0.3) is 0 Å².